The lowest BCUT2D eigenvalue weighted by Crippen LogP contribution is -2.04. The number of rotatable bonds is 4. The third kappa shape index (κ3) is 2.06. The Morgan fingerprint density at radius 2 is 2.12 bits per heavy atom. The van der Waals surface area contributed by atoms with E-state index in [4.69, 9.17) is 4.74 Å². The Hall–Kier alpha value is -1.44. The standard InChI is InChI=1S/C14H19NO/c1-4-11(2)10-15-8-7-12-9-13(16-3)5-6-14(12)15/h5-9,11H,4,10H2,1-3H3/t11-/m0/s1. The van der Waals surface area contributed by atoms with Crippen molar-refractivity contribution >= 4 is 10.9 Å². The van der Waals surface area contributed by atoms with E-state index in [-0.39, 0.29) is 0 Å². The van der Waals surface area contributed by atoms with Crippen LogP contribution in [-0.2, 0) is 6.54 Å². The molecule has 0 saturated carbocycles. The first-order chi connectivity index (χ1) is 7.74. The minimum Gasteiger partial charge on any atom is -0.497 e. The molecule has 16 heavy (non-hydrogen) atoms. The topological polar surface area (TPSA) is 14.2 Å². The second kappa shape index (κ2) is 4.60. The minimum absolute atomic E-state index is 0.720. The summed E-state index contributed by atoms with van der Waals surface area (Å²) in [5.41, 5.74) is 1.29. The monoisotopic (exact) mass is 217 g/mol. The molecule has 0 aliphatic heterocycles. The average molecular weight is 217 g/mol. The Morgan fingerprint density at radius 1 is 1.31 bits per heavy atom. The van der Waals surface area contributed by atoms with Crippen molar-refractivity contribution in [3.63, 3.8) is 0 Å². The zero-order chi connectivity index (χ0) is 11.5. The fourth-order valence-electron chi connectivity index (χ4n) is 1.93. The molecule has 0 aliphatic rings. The average Bonchev–Trinajstić information content (AvgIpc) is 2.71. The van der Waals surface area contributed by atoms with Gasteiger partial charge in [-0.1, -0.05) is 20.3 Å². The van der Waals surface area contributed by atoms with Crippen LogP contribution in [0.15, 0.2) is 30.5 Å². The third-order valence-electron chi connectivity index (χ3n) is 3.18. The van der Waals surface area contributed by atoms with Crippen molar-refractivity contribution in [1.29, 1.82) is 0 Å². The number of fused-ring (bicyclic) bond motifs is 1. The predicted octanol–water partition coefficient (Wildman–Crippen LogP) is 3.70. The number of hydrogen-bond donors (Lipinski definition) is 0. The van der Waals surface area contributed by atoms with Crippen LogP contribution >= 0.6 is 0 Å². The molecular formula is C14H19NO. The first-order valence-electron chi connectivity index (χ1n) is 5.87. The SMILES string of the molecule is CC[C@H](C)Cn1ccc2cc(OC)ccc21. The first-order valence-corrected chi connectivity index (χ1v) is 5.87. The highest BCUT2D eigenvalue weighted by Crippen LogP contribution is 2.22. The van der Waals surface area contributed by atoms with Crippen LogP contribution in [0.2, 0.25) is 0 Å². The molecule has 1 aromatic carbocycles. The van der Waals surface area contributed by atoms with Gasteiger partial charge in [-0.3, -0.25) is 0 Å². The molecule has 0 bridgehead atoms. The lowest BCUT2D eigenvalue weighted by atomic mass is 10.1. The highest BCUT2D eigenvalue weighted by Gasteiger charge is 2.05. The van der Waals surface area contributed by atoms with E-state index in [9.17, 15) is 0 Å². The zero-order valence-corrected chi connectivity index (χ0v) is 10.2. The number of ether oxygens (including phenoxy) is 1. The summed E-state index contributed by atoms with van der Waals surface area (Å²) in [6.07, 6.45) is 3.38. The summed E-state index contributed by atoms with van der Waals surface area (Å²) in [6.45, 7) is 5.61. The molecule has 86 valence electrons. The predicted molar refractivity (Wildman–Crippen MR) is 67.9 cm³/mol. The van der Waals surface area contributed by atoms with E-state index in [1.165, 1.54) is 17.3 Å². The van der Waals surface area contributed by atoms with Gasteiger partial charge in [-0.05, 0) is 30.2 Å². The van der Waals surface area contributed by atoms with Crippen LogP contribution < -0.4 is 4.74 Å². The van der Waals surface area contributed by atoms with Gasteiger partial charge in [0.25, 0.3) is 0 Å². The molecule has 0 N–H and O–H groups in total. The van der Waals surface area contributed by atoms with Gasteiger partial charge in [0.2, 0.25) is 0 Å². The van der Waals surface area contributed by atoms with Crippen LogP contribution in [0.3, 0.4) is 0 Å². The van der Waals surface area contributed by atoms with E-state index in [1.807, 2.05) is 6.07 Å². The van der Waals surface area contributed by atoms with Gasteiger partial charge >= 0.3 is 0 Å². The molecule has 0 saturated heterocycles. The fourth-order valence-corrected chi connectivity index (χ4v) is 1.93. The highest BCUT2D eigenvalue weighted by molar-refractivity contribution is 5.81. The Balaban J connectivity index is 2.34. The van der Waals surface area contributed by atoms with Crippen LogP contribution in [0.4, 0.5) is 0 Å². The van der Waals surface area contributed by atoms with Crippen LogP contribution in [0.1, 0.15) is 20.3 Å². The van der Waals surface area contributed by atoms with E-state index in [2.05, 4.69) is 42.8 Å². The van der Waals surface area contributed by atoms with E-state index in [0.29, 0.717) is 0 Å². The lowest BCUT2D eigenvalue weighted by molar-refractivity contribution is 0.415. The second-order valence-electron chi connectivity index (χ2n) is 4.41. The number of aromatic nitrogens is 1. The fraction of sp³-hybridized carbons (Fsp3) is 0.429. The first kappa shape index (κ1) is 11.1. The van der Waals surface area contributed by atoms with Gasteiger partial charge in [-0.25, -0.2) is 0 Å². The van der Waals surface area contributed by atoms with Crippen molar-refractivity contribution in [2.45, 2.75) is 26.8 Å². The van der Waals surface area contributed by atoms with Crippen molar-refractivity contribution in [2.24, 2.45) is 5.92 Å². The smallest absolute Gasteiger partial charge is 0.119 e. The van der Waals surface area contributed by atoms with Gasteiger partial charge in [0, 0.05) is 23.6 Å². The Morgan fingerprint density at radius 3 is 2.81 bits per heavy atom. The van der Waals surface area contributed by atoms with E-state index >= 15 is 0 Å². The van der Waals surface area contributed by atoms with Gasteiger partial charge in [0.1, 0.15) is 5.75 Å². The van der Waals surface area contributed by atoms with E-state index in [0.717, 1.165) is 18.2 Å². The largest absolute Gasteiger partial charge is 0.497 e. The summed E-state index contributed by atoms with van der Waals surface area (Å²) in [5, 5.41) is 1.25. The number of hydrogen-bond acceptors (Lipinski definition) is 1. The summed E-state index contributed by atoms with van der Waals surface area (Å²) >= 11 is 0. The van der Waals surface area contributed by atoms with E-state index < -0.39 is 0 Å². The van der Waals surface area contributed by atoms with Gasteiger partial charge < -0.3 is 9.30 Å². The molecule has 0 amide bonds. The maximum Gasteiger partial charge on any atom is 0.119 e. The van der Waals surface area contributed by atoms with Gasteiger partial charge in [0.05, 0.1) is 7.11 Å². The molecule has 0 radical (unpaired) electrons. The van der Waals surface area contributed by atoms with Crippen molar-refractivity contribution in [3.05, 3.63) is 30.5 Å². The normalized spacial score (nSPS) is 12.9. The summed E-state index contributed by atoms with van der Waals surface area (Å²) in [6, 6.07) is 8.40. The molecule has 1 atom stereocenters. The Labute approximate surface area is 96.8 Å². The zero-order valence-electron chi connectivity index (χ0n) is 10.2. The van der Waals surface area contributed by atoms with Crippen molar-refractivity contribution in [2.75, 3.05) is 7.11 Å². The third-order valence-corrected chi connectivity index (χ3v) is 3.18. The molecule has 2 rings (SSSR count). The summed E-state index contributed by atoms with van der Waals surface area (Å²) in [4.78, 5) is 0. The minimum atomic E-state index is 0.720. The highest BCUT2D eigenvalue weighted by atomic mass is 16.5. The summed E-state index contributed by atoms with van der Waals surface area (Å²) in [7, 11) is 1.71. The van der Waals surface area contributed by atoms with Crippen LogP contribution in [-0.4, -0.2) is 11.7 Å². The van der Waals surface area contributed by atoms with Crippen LogP contribution in [0, 0.1) is 5.92 Å². The molecule has 2 aromatic rings. The quantitative estimate of drug-likeness (QED) is 0.761. The van der Waals surface area contributed by atoms with Gasteiger partial charge in [-0.2, -0.15) is 0 Å². The maximum atomic E-state index is 5.22. The van der Waals surface area contributed by atoms with Crippen LogP contribution in [0.5, 0.6) is 5.75 Å². The molecule has 0 spiro atoms. The maximum absolute atomic E-state index is 5.22. The molecule has 1 heterocycles. The summed E-state index contributed by atoms with van der Waals surface area (Å²) in [5.74, 6) is 1.64. The molecular weight excluding hydrogens is 198 g/mol. The Bertz CT molecular complexity index is 473. The molecule has 2 heteroatoms. The van der Waals surface area contributed by atoms with Crippen molar-refractivity contribution in [1.82, 2.24) is 4.57 Å². The van der Waals surface area contributed by atoms with E-state index in [1.54, 1.807) is 7.11 Å². The molecule has 0 fully saturated rings. The molecule has 1 aromatic heterocycles. The van der Waals surface area contributed by atoms with Crippen molar-refractivity contribution < 1.29 is 4.74 Å². The lowest BCUT2D eigenvalue weighted by Gasteiger charge is -2.11. The molecule has 0 unspecified atom stereocenters. The van der Waals surface area contributed by atoms with Crippen LogP contribution in [0.25, 0.3) is 10.9 Å². The molecule has 0 aliphatic carbocycles. The van der Waals surface area contributed by atoms with Crippen molar-refractivity contribution in [3.8, 4) is 5.75 Å². The van der Waals surface area contributed by atoms with Gasteiger partial charge in [0.15, 0.2) is 0 Å². The summed E-state index contributed by atoms with van der Waals surface area (Å²) < 4.78 is 7.55. The number of nitrogens with zero attached hydrogens (tertiary/aromatic N) is 1. The molecule has 2 nitrogen and oxygen atoms in total. The second-order valence-corrected chi connectivity index (χ2v) is 4.41. The Kier molecular flexibility index (Phi) is 3.18. The number of methoxy groups -OCH3 is 1. The van der Waals surface area contributed by atoms with Gasteiger partial charge in [-0.15, -0.1) is 0 Å². The number of benzene rings is 1.